The van der Waals surface area contributed by atoms with Crippen LogP contribution in [-0.4, -0.2) is 17.9 Å². The Morgan fingerprint density at radius 3 is 2.60 bits per heavy atom. The van der Waals surface area contributed by atoms with Crippen LogP contribution in [0.2, 0.25) is 0 Å². The van der Waals surface area contributed by atoms with E-state index in [-0.39, 0.29) is 18.3 Å². The number of halogens is 1. The summed E-state index contributed by atoms with van der Waals surface area (Å²) in [4.78, 5) is 1.01. The van der Waals surface area contributed by atoms with Gasteiger partial charge in [0.25, 0.3) is 0 Å². The van der Waals surface area contributed by atoms with Crippen molar-refractivity contribution in [2.45, 2.75) is 16.9 Å². The van der Waals surface area contributed by atoms with Crippen LogP contribution in [0.4, 0.5) is 4.39 Å². The third-order valence-electron chi connectivity index (χ3n) is 3.37. The molecule has 0 aromatic heterocycles. The summed E-state index contributed by atoms with van der Waals surface area (Å²) in [6.45, 7) is 0.257. The highest BCUT2D eigenvalue weighted by Crippen LogP contribution is 2.35. The average molecular weight is 291 g/mol. The normalized spacial score (nSPS) is 14.0. The van der Waals surface area contributed by atoms with E-state index >= 15 is 0 Å². The van der Waals surface area contributed by atoms with Gasteiger partial charge in [0.1, 0.15) is 5.82 Å². The number of aliphatic hydroxyl groups excluding tert-OH is 1. The smallest absolute Gasteiger partial charge is 0.123 e. The molecule has 3 N–H and O–H groups in total. The van der Waals surface area contributed by atoms with Crippen LogP contribution in [0.5, 0.6) is 0 Å². The molecule has 0 fully saturated rings. The van der Waals surface area contributed by atoms with Gasteiger partial charge < -0.3 is 10.8 Å². The second-order valence-electron chi connectivity index (χ2n) is 4.58. The Morgan fingerprint density at radius 1 is 1.20 bits per heavy atom. The van der Waals surface area contributed by atoms with Gasteiger partial charge in [0.05, 0.1) is 6.10 Å². The van der Waals surface area contributed by atoms with Crippen molar-refractivity contribution in [3.05, 3.63) is 65.5 Å². The Bertz CT molecular complexity index is 576. The highest BCUT2D eigenvalue weighted by molar-refractivity contribution is 7.98. The fraction of sp³-hybridized carbons (Fsp3) is 0.250. The van der Waals surface area contributed by atoms with Crippen LogP contribution < -0.4 is 5.73 Å². The maximum Gasteiger partial charge on any atom is 0.123 e. The fourth-order valence-electron chi connectivity index (χ4n) is 2.31. The molecule has 2 atom stereocenters. The summed E-state index contributed by atoms with van der Waals surface area (Å²) in [5.74, 6) is -0.634. The summed E-state index contributed by atoms with van der Waals surface area (Å²) in [6.07, 6.45) is 1.22. The molecule has 0 bridgehead atoms. The predicted octanol–water partition coefficient (Wildman–Crippen LogP) is 3.32. The van der Waals surface area contributed by atoms with E-state index in [0.717, 1.165) is 16.0 Å². The molecule has 0 spiro atoms. The van der Waals surface area contributed by atoms with Crippen LogP contribution in [0, 0.1) is 5.82 Å². The lowest BCUT2D eigenvalue weighted by Crippen LogP contribution is -2.20. The number of benzene rings is 2. The zero-order valence-electron chi connectivity index (χ0n) is 11.3. The molecule has 2 aromatic carbocycles. The molecular formula is C16H18FNOS. The first-order valence-corrected chi connectivity index (χ1v) is 7.66. The van der Waals surface area contributed by atoms with E-state index < -0.39 is 6.10 Å². The van der Waals surface area contributed by atoms with Gasteiger partial charge in [-0.05, 0) is 35.6 Å². The van der Waals surface area contributed by atoms with Crippen LogP contribution >= 0.6 is 11.8 Å². The Labute approximate surface area is 122 Å². The highest BCUT2D eigenvalue weighted by Gasteiger charge is 2.23. The molecule has 0 aliphatic rings. The van der Waals surface area contributed by atoms with Gasteiger partial charge in [0.15, 0.2) is 0 Å². The summed E-state index contributed by atoms with van der Waals surface area (Å²) >= 11 is 1.58. The maximum absolute atomic E-state index is 13.3. The van der Waals surface area contributed by atoms with Crippen molar-refractivity contribution in [1.29, 1.82) is 0 Å². The number of aliphatic hydroxyl groups is 1. The molecule has 20 heavy (non-hydrogen) atoms. The van der Waals surface area contributed by atoms with E-state index in [2.05, 4.69) is 0 Å². The van der Waals surface area contributed by atoms with Crippen LogP contribution in [-0.2, 0) is 0 Å². The molecule has 0 aliphatic carbocycles. The molecule has 0 radical (unpaired) electrons. The lowest BCUT2D eigenvalue weighted by Gasteiger charge is -2.24. The zero-order chi connectivity index (χ0) is 14.5. The summed E-state index contributed by atoms with van der Waals surface area (Å²) in [7, 11) is 0. The van der Waals surface area contributed by atoms with Crippen molar-refractivity contribution >= 4 is 11.8 Å². The van der Waals surface area contributed by atoms with Gasteiger partial charge in [-0.2, -0.15) is 0 Å². The Hall–Kier alpha value is -1.36. The number of rotatable bonds is 5. The van der Waals surface area contributed by atoms with Gasteiger partial charge in [0.2, 0.25) is 0 Å². The SMILES string of the molecule is CSc1ccccc1C(O)C(CN)c1cccc(F)c1. The first-order chi connectivity index (χ1) is 9.67. The van der Waals surface area contributed by atoms with Crippen LogP contribution in [0.25, 0.3) is 0 Å². The van der Waals surface area contributed by atoms with Gasteiger partial charge in [-0.3, -0.25) is 0 Å². The first-order valence-electron chi connectivity index (χ1n) is 6.44. The summed E-state index contributed by atoms with van der Waals surface area (Å²) in [5.41, 5.74) is 7.35. The molecule has 0 saturated heterocycles. The van der Waals surface area contributed by atoms with Gasteiger partial charge in [0, 0.05) is 17.4 Å². The lowest BCUT2D eigenvalue weighted by molar-refractivity contribution is 0.144. The quantitative estimate of drug-likeness (QED) is 0.831. The van der Waals surface area contributed by atoms with Crippen molar-refractivity contribution in [2.24, 2.45) is 5.73 Å². The predicted molar refractivity (Wildman–Crippen MR) is 81.4 cm³/mol. The molecule has 2 nitrogen and oxygen atoms in total. The third kappa shape index (κ3) is 3.20. The van der Waals surface area contributed by atoms with Gasteiger partial charge in [-0.1, -0.05) is 30.3 Å². The largest absolute Gasteiger partial charge is 0.388 e. The molecule has 2 unspecified atom stereocenters. The number of thioether (sulfide) groups is 1. The standard InChI is InChI=1S/C16H18FNOS/c1-20-15-8-3-2-7-13(15)16(19)14(10-18)11-5-4-6-12(17)9-11/h2-9,14,16,19H,10,18H2,1H3. The molecular weight excluding hydrogens is 273 g/mol. The topological polar surface area (TPSA) is 46.2 Å². The van der Waals surface area contributed by atoms with Crippen molar-refractivity contribution in [3.8, 4) is 0 Å². The Morgan fingerprint density at radius 2 is 1.95 bits per heavy atom. The minimum atomic E-state index is -0.745. The van der Waals surface area contributed by atoms with Crippen LogP contribution in [0.1, 0.15) is 23.1 Å². The van der Waals surface area contributed by atoms with Gasteiger partial charge in [-0.15, -0.1) is 11.8 Å². The third-order valence-corrected chi connectivity index (χ3v) is 4.18. The second-order valence-corrected chi connectivity index (χ2v) is 5.43. The summed E-state index contributed by atoms with van der Waals surface area (Å²) in [5, 5.41) is 10.6. The zero-order valence-corrected chi connectivity index (χ0v) is 12.1. The molecule has 0 saturated carbocycles. The van der Waals surface area contributed by atoms with E-state index in [1.54, 1.807) is 23.9 Å². The molecule has 106 valence electrons. The number of hydrogen-bond acceptors (Lipinski definition) is 3. The number of nitrogens with two attached hydrogens (primary N) is 1. The maximum atomic E-state index is 13.3. The monoisotopic (exact) mass is 291 g/mol. The Balaban J connectivity index is 2.36. The summed E-state index contributed by atoms with van der Waals surface area (Å²) < 4.78 is 13.3. The number of hydrogen-bond donors (Lipinski definition) is 2. The molecule has 2 rings (SSSR count). The molecule has 0 aliphatic heterocycles. The Kier molecular flexibility index (Phi) is 5.17. The first kappa shape index (κ1) is 15.0. The molecule has 0 amide bonds. The lowest BCUT2D eigenvalue weighted by atomic mass is 9.89. The van der Waals surface area contributed by atoms with E-state index in [4.69, 9.17) is 5.73 Å². The van der Waals surface area contributed by atoms with E-state index in [1.165, 1.54) is 12.1 Å². The van der Waals surface area contributed by atoms with Crippen molar-refractivity contribution in [2.75, 3.05) is 12.8 Å². The minimum absolute atomic E-state index is 0.257. The molecule has 4 heteroatoms. The minimum Gasteiger partial charge on any atom is -0.388 e. The van der Waals surface area contributed by atoms with Crippen molar-refractivity contribution in [3.63, 3.8) is 0 Å². The second kappa shape index (κ2) is 6.88. The van der Waals surface area contributed by atoms with E-state index in [9.17, 15) is 9.50 Å². The van der Waals surface area contributed by atoms with E-state index in [0.29, 0.717) is 0 Å². The highest BCUT2D eigenvalue weighted by atomic mass is 32.2. The molecule has 2 aromatic rings. The van der Waals surface area contributed by atoms with Crippen LogP contribution in [0.3, 0.4) is 0 Å². The van der Waals surface area contributed by atoms with Crippen molar-refractivity contribution in [1.82, 2.24) is 0 Å². The average Bonchev–Trinajstić information content (AvgIpc) is 2.48. The summed E-state index contributed by atoms with van der Waals surface area (Å²) in [6, 6.07) is 13.9. The fourth-order valence-corrected chi connectivity index (χ4v) is 2.95. The molecule has 0 heterocycles. The van der Waals surface area contributed by atoms with E-state index in [1.807, 2.05) is 30.5 Å². The van der Waals surface area contributed by atoms with Gasteiger partial charge in [-0.25, -0.2) is 4.39 Å². The van der Waals surface area contributed by atoms with Crippen LogP contribution in [0.15, 0.2) is 53.4 Å². The van der Waals surface area contributed by atoms with Gasteiger partial charge >= 0.3 is 0 Å². The van der Waals surface area contributed by atoms with Crippen molar-refractivity contribution < 1.29 is 9.50 Å².